The minimum absolute atomic E-state index is 0.0997. The van der Waals surface area contributed by atoms with Crippen molar-refractivity contribution in [3.05, 3.63) is 33.9 Å². The Labute approximate surface area is 112 Å². The lowest BCUT2D eigenvalue weighted by Crippen LogP contribution is -2.22. The van der Waals surface area contributed by atoms with Gasteiger partial charge in [-0.2, -0.15) is 5.26 Å². The van der Waals surface area contributed by atoms with Crippen LogP contribution >= 0.6 is 0 Å². The van der Waals surface area contributed by atoms with E-state index >= 15 is 0 Å². The molecule has 1 N–H and O–H groups in total. The molecule has 5 heteroatoms. The van der Waals surface area contributed by atoms with Gasteiger partial charge >= 0.3 is 0 Å². The zero-order valence-corrected chi connectivity index (χ0v) is 11.0. The molecular formula is C14H17N3O2. The zero-order valence-electron chi connectivity index (χ0n) is 11.0. The fourth-order valence-electron chi connectivity index (χ4n) is 2.61. The van der Waals surface area contributed by atoms with Gasteiger partial charge in [0.1, 0.15) is 11.6 Å². The molecular weight excluding hydrogens is 242 g/mol. The molecule has 1 aromatic rings. The summed E-state index contributed by atoms with van der Waals surface area (Å²) in [5, 5.41) is 23.0. The van der Waals surface area contributed by atoms with E-state index in [1.54, 1.807) is 6.07 Å². The first-order valence-electron chi connectivity index (χ1n) is 6.46. The van der Waals surface area contributed by atoms with Crippen LogP contribution in [0.4, 0.5) is 11.4 Å². The maximum absolute atomic E-state index is 10.9. The third kappa shape index (κ3) is 3.02. The number of hydrogen-bond acceptors (Lipinski definition) is 4. The molecule has 0 unspecified atom stereocenters. The minimum atomic E-state index is -0.513. The summed E-state index contributed by atoms with van der Waals surface area (Å²) in [6.45, 7) is 3.06. The number of rotatable bonds is 4. The fourth-order valence-corrected chi connectivity index (χ4v) is 2.61. The SMILES string of the molecule is CC1(CNc2ccc(C#N)c([N+](=O)[O-])c2)CCCC1. The molecule has 0 aliphatic heterocycles. The second-order valence-corrected chi connectivity index (χ2v) is 5.47. The van der Waals surface area contributed by atoms with E-state index < -0.39 is 4.92 Å². The zero-order chi connectivity index (χ0) is 13.9. The van der Waals surface area contributed by atoms with E-state index in [0.717, 1.165) is 6.54 Å². The lowest BCUT2D eigenvalue weighted by atomic mass is 9.89. The molecule has 5 nitrogen and oxygen atoms in total. The average Bonchev–Trinajstić information content (AvgIpc) is 2.83. The molecule has 1 saturated carbocycles. The Bertz CT molecular complexity index is 528. The van der Waals surface area contributed by atoms with Crippen molar-refractivity contribution in [2.24, 2.45) is 5.41 Å². The Morgan fingerprint density at radius 3 is 2.74 bits per heavy atom. The summed E-state index contributed by atoms with van der Waals surface area (Å²) >= 11 is 0. The highest BCUT2D eigenvalue weighted by molar-refractivity contribution is 5.59. The van der Waals surface area contributed by atoms with Crippen LogP contribution in [0.3, 0.4) is 0 Å². The highest BCUT2D eigenvalue weighted by Crippen LogP contribution is 2.37. The molecule has 0 amide bonds. The van der Waals surface area contributed by atoms with Crippen LogP contribution in [-0.4, -0.2) is 11.5 Å². The highest BCUT2D eigenvalue weighted by Gasteiger charge is 2.28. The van der Waals surface area contributed by atoms with Gasteiger partial charge < -0.3 is 5.32 Å². The first kappa shape index (κ1) is 13.3. The monoisotopic (exact) mass is 259 g/mol. The quantitative estimate of drug-likeness (QED) is 0.663. The van der Waals surface area contributed by atoms with Crippen LogP contribution in [0.5, 0.6) is 0 Å². The van der Waals surface area contributed by atoms with E-state index in [2.05, 4.69) is 12.2 Å². The molecule has 1 fully saturated rings. The Kier molecular flexibility index (Phi) is 3.70. The minimum Gasteiger partial charge on any atom is -0.384 e. The number of nitrogens with zero attached hydrogens (tertiary/aromatic N) is 2. The maximum Gasteiger partial charge on any atom is 0.289 e. The van der Waals surface area contributed by atoms with E-state index in [4.69, 9.17) is 5.26 Å². The summed E-state index contributed by atoms with van der Waals surface area (Å²) < 4.78 is 0. The van der Waals surface area contributed by atoms with Gasteiger partial charge in [-0.05, 0) is 30.4 Å². The van der Waals surface area contributed by atoms with Crippen LogP contribution in [0.1, 0.15) is 38.2 Å². The molecule has 0 radical (unpaired) electrons. The molecule has 0 bridgehead atoms. The van der Waals surface area contributed by atoms with Crippen molar-refractivity contribution in [1.82, 2.24) is 0 Å². The van der Waals surface area contributed by atoms with Crippen molar-refractivity contribution >= 4 is 11.4 Å². The van der Waals surface area contributed by atoms with E-state index in [1.807, 2.05) is 6.07 Å². The third-order valence-electron chi connectivity index (χ3n) is 3.84. The number of anilines is 1. The van der Waals surface area contributed by atoms with Crippen LogP contribution < -0.4 is 5.32 Å². The van der Waals surface area contributed by atoms with Gasteiger partial charge in [0.05, 0.1) is 4.92 Å². The first-order chi connectivity index (χ1) is 9.04. The third-order valence-corrected chi connectivity index (χ3v) is 3.84. The van der Waals surface area contributed by atoms with Crippen molar-refractivity contribution in [3.8, 4) is 6.07 Å². The summed E-state index contributed by atoms with van der Waals surface area (Å²) in [6, 6.07) is 6.50. The molecule has 19 heavy (non-hydrogen) atoms. The standard InChI is InChI=1S/C14H17N3O2/c1-14(6-2-3-7-14)10-16-12-5-4-11(9-15)13(8-12)17(18)19/h4-5,8,16H,2-3,6-7,10H2,1H3. The molecule has 100 valence electrons. The smallest absolute Gasteiger partial charge is 0.289 e. The van der Waals surface area contributed by atoms with Gasteiger partial charge in [0, 0.05) is 18.3 Å². The molecule has 1 aliphatic rings. The molecule has 1 aliphatic carbocycles. The van der Waals surface area contributed by atoms with Crippen LogP contribution in [0.2, 0.25) is 0 Å². The van der Waals surface area contributed by atoms with Crippen LogP contribution in [-0.2, 0) is 0 Å². The van der Waals surface area contributed by atoms with Crippen LogP contribution in [0.25, 0.3) is 0 Å². The Morgan fingerprint density at radius 1 is 1.47 bits per heavy atom. The topological polar surface area (TPSA) is 79.0 Å². The van der Waals surface area contributed by atoms with Crippen LogP contribution in [0, 0.1) is 26.9 Å². The normalized spacial score (nSPS) is 16.8. The average molecular weight is 259 g/mol. The van der Waals surface area contributed by atoms with Crippen molar-refractivity contribution in [2.45, 2.75) is 32.6 Å². The van der Waals surface area contributed by atoms with Gasteiger partial charge in [0.25, 0.3) is 5.69 Å². The van der Waals surface area contributed by atoms with E-state index in [-0.39, 0.29) is 16.7 Å². The number of nitro groups is 1. The van der Waals surface area contributed by atoms with Gasteiger partial charge in [-0.3, -0.25) is 10.1 Å². The Balaban J connectivity index is 2.11. The number of nitriles is 1. The highest BCUT2D eigenvalue weighted by atomic mass is 16.6. The number of nitro benzene ring substituents is 1. The lowest BCUT2D eigenvalue weighted by molar-refractivity contribution is -0.385. The lowest BCUT2D eigenvalue weighted by Gasteiger charge is -2.24. The van der Waals surface area contributed by atoms with Gasteiger partial charge in [0.2, 0.25) is 0 Å². The molecule has 0 saturated heterocycles. The summed E-state index contributed by atoms with van der Waals surface area (Å²) in [5.74, 6) is 0. The Hall–Kier alpha value is -2.09. The van der Waals surface area contributed by atoms with Gasteiger partial charge in [0.15, 0.2) is 0 Å². The summed E-state index contributed by atoms with van der Waals surface area (Å²) in [7, 11) is 0. The molecule has 0 aromatic heterocycles. The van der Waals surface area contributed by atoms with Crippen molar-refractivity contribution in [1.29, 1.82) is 5.26 Å². The maximum atomic E-state index is 10.9. The number of benzene rings is 1. The summed E-state index contributed by atoms with van der Waals surface area (Å²) in [6.07, 6.45) is 4.90. The van der Waals surface area contributed by atoms with E-state index in [0.29, 0.717) is 5.69 Å². The van der Waals surface area contributed by atoms with Crippen molar-refractivity contribution in [2.75, 3.05) is 11.9 Å². The predicted octanol–water partition coefficient (Wildman–Crippen LogP) is 3.46. The number of hydrogen-bond donors (Lipinski definition) is 1. The summed E-state index contributed by atoms with van der Waals surface area (Å²) in [5.41, 5.74) is 0.952. The molecule has 0 heterocycles. The molecule has 0 atom stereocenters. The number of nitrogens with one attached hydrogen (secondary N) is 1. The largest absolute Gasteiger partial charge is 0.384 e. The van der Waals surface area contributed by atoms with Crippen molar-refractivity contribution < 1.29 is 4.92 Å². The fraction of sp³-hybridized carbons (Fsp3) is 0.500. The second kappa shape index (κ2) is 5.27. The van der Waals surface area contributed by atoms with Gasteiger partial charge in [-0.1, -0.05) is 19.8 Å². The van der Waals surface area contributed by atoms with Gasteiger partial charge in [-0.15, -0.1) is 0 Å². The van der Waals surface area contributed by atoms with Crippen LogP contribution in [0.15, 0.2) is 18.2 Å². The van der Waals surface area contributed by atoms with E-state index in [9.17, 15) is 10.1 Å². The predicted molar refractivity (Wildman–Crippen MR) is 72.9 cm³/mol. The molecule has 2 rings (SSSR count). The van der Waals surface area contributed by atoms with E-state index in [1.165, 1.54) is 37.8 Å². The van der Waals surface area contributed by atoms with Gasteiger partial charge in [-0.25, -0.2) is 0 Å². The van der Waals surface area contributed by atoms with Crippen molar-refractivity contribution in [3.63, 3.8) is 0 Å². The Morgan fingerprint density at radius 2 is 2.16 bits per heavy atom. The molecule has 0 spiro atoms. The second-order valence-electron chi connectivity index (χ2n) is 5.47. The summed E-state index contributed by atoms with van der Waals surface area (Å²) in [4.78, 5) is 10.4. The first-order valence-corrected chi connectivity index (χ1v) is 6.46. The molecule has 1 aromatic carbocycles.